The van der Waals surface area contributed by atoms with Crippen molar-refractivity contribution in [1.29, 1.82) is 0 Å². The fraction of sp³-hybridized carbons (Fsp3) is 0.240. The highest BCUT2D eigenvalue weighted by molar-refractivity contribution is 7.90. The first-order chi connectivity index (χ1) is 16.2. The number of fused-ring (bicyclic) bond motifs is 1. The monoisotopic (exact) mass is 484 g/mol. The van der Waals surface area contributed by atoms with Crippen LogP contribution >= 0.6 is 0 Å². The van der Waals surface area contributed by atoms with Crippen molar-refractivity contribution >= 4 is 20.9 Å². The maximum absolute atomic E-state index is 13.4. The summed E-state index contributed by atoms with van der Waals surface area (Å²) < 4.78 is 50.7. The lowest BCUT2D eigenvalue weighted by atomic mass is 10.0. The second-order valence-electron chi connectivity index (χ2n) is 7.96. The fourth-order valence-electron chi connectivity index (χ4n) is 4.10. The number of rotatable bonds is 8. The van der Waals surface area contributed by atoms with Crippen LogP contribution in [0.1, 0.15) is 18.5 Å². The second-order valence-corrected chi connectivity index (χ2v) is 10.1. The Bertz CT molecular complexity index is 1490. The van der Waals surface area contributed by atoms with Gasteiger partial charge in [-0.1, -0.05) is 30.3 Å². The van der Waals surface area contributed by atoms with Crippen LogP contribution in [-0.2, 0) is 9.84 Å². The molecule has 0 bridgehead atoms. The van der Waals surface area contributed by atoms with E-state index in [0.29, 0.717) is 40.3 Å². The molecule has 9 heteroatoms. The number of hydrogen-bond acceptors (Lipinski definition) is 5. The molecular formula is C25H25FN2O5S. The van der Waals surface area contributed by atoms with Gasteiger partial charge in [-0.15, -0.1) is 0 Å². The minimum atomic E-state index is -3.48. The number of aromatic amines is 1. The zero-order valence-electron chi connectivity index (χ0n) is 19.0. The maximum Gasteiger partial charge on any atom is 0.327 e. The molecule has 1 aromatic heterocycles. The largest absolute Gasteiger partial charge is 0.493 e. The Morgan fingerprint density at radius 2 is 1.79 bits per heavy atom. The second kappa shape index (κ2) is 9.34. The molecule has 0 amide bonds. The Hall–Kier alpha value is -3.59. The summed E-state index contributed by atoms with van der Waals surface area (Å²) in [5.41, 5.74) is 2.64. The molecule has 34 heavy (non-hydrogen) atoms. The van der Waals surface area contributed by atoms with Gasteiger partial charge in [-0.2, -0.15) is 0 Å². The van der Waals surface area contributed by atoms with Gasteiger partial charge in [-0.05, 0) is 48.4 Å². The van der Waals surface area contributed by atoms with E-state index in [9.17, 15) is 17.6 Å². The average molecular weight is 485 g/mol. The summed E-state index contributed by atoms with van der Waals surface area (Å²) in [7, 11) is -1.96. The normalized spacial score (nSPS) is 12.6. The molecule has 0 saturated heterocycles. The van der Waals surface area contributed by atoms with Gasteiger partial charge in [0.15, 0.2) is 11.5 Å². The van der Waals surface area contributed by atoms with Gasteiger partial charge in [0.2, 0.25) is 0 Å². The lowest BCUT2D eigenvalue weighted by molar-refractivity contribution is 0.310. The van der Waals surface area contributed by atoms with Crippen molar-refractivity contribution in [2.24, 2.45) is 0 Å². The number of para-hydroxylation sites is 1. The molecule has 0 aliphatic rings. The van der Waals surface area contributed by atoms with Crippen LogP contribution in [0.4, 0.5) is 4.39 Å². The maximum atomic E-state index is 13.4. The molecule has 0 saturated carbocycles. The van der Waals surface area contributed by atoms with E-state index in [2.05, 4.69) is 4.98 Å². The minimum Gasteiger partial charge on any atom is -0.493 e. The average Bonchev–Trinajstić information content (AvgIpc) is 3.13. The molecule has 1 heterocycles. The van der Waals surface area contributed by atoms with E-state index < -0.39 is 21.6 Å². The Balaban J connectivity index is 1.94. The van der Waals surface area contributed by atoms with Crippen molar-refractivity contribution in [1.82, 2.24) is 9.55 Å². The molecule has 0 spiro atoms. The van der Waals surface area contributed by atoms with E-state index in [0.717, 1.165) is 11.8 Å². The van der Waals surface area contributed by atoms with Gasteiger partial charge in [-0.25, -0.2) is 17.6 Å². The highest BCUT2D eigenvalue weighted by Gasteiger charge is 2.25. The lowest BCUT2D eigenvalue weighted by Crippen LogP contribution is -2.28. The molecule has 1 atom stereocenters. The highest BCUT2D eigenvalue weighted by atomic mass is 32.2. The SMILES string of the molecule is CCOc1cc(C(CS(C)(=O)=O)n2c(=O)[nH]c3c(-c4ccc(F)cc4)cccc32)ccc1OC. The molecule has 4 rings (SSSR count). The van der Waals surface area contributed by atoms with Gasteiger partial charge in [-0.3, -0.25) is 4.57 Å². The molecular weight excluding hydrogens is 459 g/mol. The van der Waals surface area contributed by atoms with Crippen LogP contribution in [-0.4, -0.2) is 43.7 Å². The molecule has 0 radical (unpaired) electrons. The first-order valence-electron chi connectivity index (χ1n) is 10.7. The number of methoxy groups -OCH3 is 1. The number of aromatic nitrogens is 2. The Morgan fingerprint density at radius 1 is 1.06 bits per heavy atom. The third-order valence-electron chi connectivity index (χ3n) is 5.55. The number of benzene rings is 3. The molecule has 3 aromatic carbocycles. The van der Waals surface area contributed by atoms with Crippen LogP contribution in [0, 0.1) is 5.82 Å². The molecule has 1 unspecified atom stereocenters. The summed E-state index contributed by atoms with van der Waals surface area (Å²) in [6, 6.07) is 15.6. The van der Waals surface area contributed by atoms with Crippen LogP contribution in [0.15, 0.2) is 65.5 Å². The zero-order valence-corrected chi connectivity index (χ0v) is 19.9. The van der Waals surface area contributed by atoms with Gasteiger partial charge >= 0.3 is 5.69 Å². The van der Waals surface area contributed by atoms with Crippen LogP contribution < -0.4 is 15.2 Å². The fourth-order valence-corrected chi connectivity index (χ4v) is 5.02. The molecule has 178 valence electrons. The molecule has 4 aromatic rings. The smallest absolute Gasteiger partial charge is 0.327 e. The summed E-state index contributed by atoms with van der Waals surface area (Å²) in [4.78, 5) is 16.1. The minimum absolute atomic E-state index is 0.293. The number of H-pyrrole nitrogens is 1. The topological polar surface area (TPSA) is 90.4 Å². The Morgan fingerprint density at radius 3 is 2.44 bits per heavy atom. The van der Waals surface area contributed by atoms with E-state index in [1.807, 2.05) is 13.0 Å². The number of ether oxygens (including phenoxy) is 2. The van der Waals surface area contributed by atoms with Crippen LogP contribution in [0.25, 0.3) is 22.2 Å². The quantitative estimate of drug-likeness (QED) is 0.405. The number of nitrogens with one attached hydrogen (secondary N) is 1. The molecule has 0 aliphatic heterocycles. The van der Waals surface area contributed by atoms with Crippen LogP contribution in [0.5, 0.6) is 11.5 Å². The number of halogens is 1. The van der Waals surface area contributed by atoms with E-state index in [1.54, 1.807) is 42.5 Å². The Labute approximate surface area is 196 Å². The van der Waals surface area contributed by atoms with Crippen molar-refractivity contribution in [2.75, 3.05) is 25.7 Å². The summed E-state index contributed by atoms with van der Waals surface area (Å²) in [6.07, 6.45) is 1.14. The van der Waals surface area contributed by atoms with E-state index >= 15 is 0 Å². The van der Waals surface area contributed by atoms with Crippen LogP contribution in [0.2, 0.25) is 0 Å². The van der Waals surface area contributed by atoms with E-state index in [4.69, 9.17) is 9.47 Å². The summed E-state index contributed by atoms with van der Waals surface area (Å²) in [5, 5.41) is 0. The molecule has 7 nitrogen and oxygen atoms in total. The highest BCUT2D eigenvalue weighted by Crippen LogP contribution is 2.34. The van der Waals surface area contributed by atoms with E-state index in [-0.39, 0.29) is 11.6 Å². The van der Waals surface area contributed by atoms with Gasteiger partial charge in [0.05, 0.1) is 36.5 Å². The summed E-state index contributed by atoms with van der Waals surface area (Å²) in [6.45, 7) is 2.23. The lowest BCUT2D eigenvalue weighted by Gasteiger charge is -2.20. The van der Waals surface area contributed by atoms with Gasteiger partial charge in [0, 0.05) is 11.8 Å². The molecule has 0 aliphatic carbocycles. The third-order valence-corrected chi connectivity index (χ3v) is 6.47. The zero-order chi connectivity index (χ0) is 24.5. The number of sulfone groups is 1. The number of hydrogen-bond donors (Lipinski definition) is 1. The standard InChI is InChI=1S/C25H25FN2O5S/c1-4-33-23-14-17(10-13-22(23)32-2)21(15-34(3,30)31)28-20-7-5-6-19(24(20)27-25(28)29)16-8-11-18(26)12-9-16/h5-14,21H,4,15H2,1-3H3,(H,27,29). The van der Waals surface area contributed by atoms with Crippen molar-refractivity contribution < 1.29 is 22.3 Å². The van der Waals surface area contributed by atoms with Crippen LogP contribution in [0.3, 0.4) is 0 Å². The van der Waals surface area contributed by atoms with Gasteiger partial charge in [0.1, 0.15) is 15.7 Å². The molecule has 1 N–H and O–H groups in total. The Kier molecular flexibility index (Phi) is 6.47. The molecule has 0 fully saturated rings. The third kappa shape index (κ3) is 4.70. The number of nitrogens with zero attached hydrogens (tertiary/aromatic N) is 1. The number of imidazole rings is 1. The predicted octanol–water partition coefficient (Wildman–Crippen LogP) is 4.18. The van der Waals surface area contributed by atoms with Crippen molar-refractivity contribution in [3.8, 4) is 22.6 Å². The summed E-state index contributed by atoms with van der Waals surface area (Å²) >= 11 is 0. The van der Waals surface area contributed by atoms with Crippen molar-refractivity contribution in [3.05, 3.63) is 82.5 Å². The predicted molar refractivity (Wildman–Crippen MR) is 130 cm³/mol. The van der Waals surface area contributed by atoms with Crippen molar-refractivity contribution in [2.45, 2.75) is 13.0 Å². The summed E-state index contributed by atoms with van der Waals surface area (Å²) in [5.74, 6) is 0.313. The van der Waals surface area contributed by atoms with Gasteiger partial charge in [0.25, 0.3) is 0 Å². The van der Waals surface area contributed by atoms with Gasteiger partial charge < -0.3 is 14.5 Å². The first kappa shape index (κ1) is 23.6. The van der Waals surface area contributed by atoms with Crippen molar-refractivity contribution in [3.63, 3.8) is 0 Å². The van der Waals surface area contributed by atoms with E-state index in [1.165, 1.54) is 23.8 Å². The first-order valence-corrected chi connectivity index (χ1v) is 12.8.